The van der Waals surface area contributed by atoms with E-state index in [-0.39, 0.29) is 12.5 Å². The number of ether oxygens (including phenoxy) is 1. The molecule has 0 N–H and O–H groups in total. The third-order valence-electron chi connectivity index (χ3n) is 2.12. The average molecular weight is 212 g/mol. The number of morpholine rings is 1. The van der Waals surface area contributed by atoms with E-state index in [2.05, 4.69) is 0 Å². The maximum Gasteiger partial charge on any atom is 0.253 e. The number of hydrogen-bond donors (Lipinski definition) is 0. The van der Waals surface area contributed by atoms with E-state index >= 15 is 0 Å². The van der Waals surface area contributed by atoms with Gasteiger partial charge in [0.2, 0.25) is 0 Å². The molecule has 1 saturated heterocycles. The maximum absolute atomic E-state index is 11.4. The van der Waals surface area contributed by atoms with Crippen LogP contribution in [0.5, 0.6) is 0 Å². The van der Waals surface area contributed by atoms with Crippen molar-refractivity contribution >= 4 is 23.2 Å². The van der Waals surface area contributed by atoms with E-state index in [1.807, 2.05) is 12.1 Å². The van der Waals surface area contributed by atoms with Crippen molar-refractivity contribution in [2.45, 2.75) is 0 Å². The molecular weight excluding hydrogens is 202 g/mol. The molecule has 0 spiro atoms. The number of benzene rings is 1. The van der Waals surface area contributed by atoms with Crippen molar-refractivity contribution in [3.8, 4) is 0 Å². The molecule has 0 aliphatic carbocycles. The fourth-order valence-corrected chi connectivity index (χ4v) is 1.54. The van der Waals surface area contributed by atoms with Gasteiger partial charge in [-0.2, -0.15) is 0 Å². The monoisotopic (exact) mass is 211 g/mol. The van der Waals surface area contributed by atoms with Crippen LogP contribution in [0.2, 0.25) is 5.02 Å². The molecule has 0 radical (unpaired) electrons. The zero-order valence-corrected chi connectivity index (χ0v) is 8.33. The molecule has 1 aromatic rings. The van der Waals surface area contributed by atoms with Gasteiger partial charge in [0.05, 0.1) is 6.61 Å². The van der Waals surface area contributed by atoms with E-state index in [0.717, 1.165) is 5.69 Å². The first-order valence-electron chi connectivity index (χ1n) is 4.41. The number of halogens is 1. The van der Waals surface area contributed by atoms with Crippen molar-refractivity contribution in [2.75, 3.05) is 24.7 Å². The highest BCUT2D eigenvalue weighted by atomic mass is 35.5. The van der Waals surface area contributed by atoms with E-state index in [1.165, 1.54) is 0 Å². The van der Waals surface area contributed by atoms with Crippen LogP contribution in [0.4, 0.5) is 5.69 Å². The first-order valence-corrected chi connectivity index (χ1v) is 4.79. The van der Waals surface area contributed by atoms with Gasteiger partial charge >= 0.3 is 0 Å². The Labute approximate surface area is 87.2 Å². The summed E-state index contributed by atoms with van der Waals surface area (Å²) in [4.78, 5) is 13.2. The topological polar surface area (TPSA) is 29.5 Å². The summed E-state index contributed by atoms with van der Waals surface area (Å²) in [6, 6.07) is 7.23. The summed E-state index contributed by atoms with van der Waals surface area (Å²) in [5.74, 6) is -0.00132. The molecule has 2 rings (SSSR count). The summed E-state index contributed by atoms with van der Waals surface area (Å²) in [6.07, 6.45) is 0. The fourth-order valence-electron chi connectivity index (χ4n) is 1.41. The summed E-state index contributed by atoms with van der Waals surface area (Å²) in [6.45, 7) is 1.37. The summed E-state index contributed by atoms with van der Waals surface area (Å²) in [5, 5.41) is 0.675. The molecule has 74 valence electrons. The molecule has 3 nitrogen and oxygen atoms in total. The summed E-state index contributed by atoms with van der Waals surface area (Å²) < 4.78 is 5.04. The summed E-state index contributed by atoms with van der Waals surface area (Å²) >= 11 is 5.76. The SMILES string of the molecule is O=C1COCCN1c1ccc(Cl)cc1. The van der Waals surface area contributed by atoms with Crippen LogP contribution in [0.15, 0.2) is 24.3 Å². The standard InChI is InChI=1S/C10H10ClNO2/c11-8-1-3-9(4-2-8)12-5-6-14-7-10(12)13/h1-4H,5-7H2. The number of carbonyl (C=O) groups excluding carboxylic acids is 1. The Hall–Kier alpha value is -1.06. The largest absolute Gasteiger partial charge is 0.370 e. The lowest BCUT2D eigenvalue weighted by Crippen LogP contribution is -2.41. The third kappa shape index (κ3) is 1.89. The van der Waals surface area contributed by atoms with Gasteiger partial charge in [0.1, 0.15) is 6.61 Å². The Kier molecular flexibility index (Phi) is 2.70. The number of rotatable bonds is 1. The maximum atomic E-state index is 11.4. The van der Waals surface area contributed by atoms with Gasteiger partial charge in [-0.15, -0.1) is 0 Å². The van der Waals surface area contributed by atoms with Gasteiger partial charge in [0.25, 0.3) is 5.91 Å². The van der Waals surface area contributed by atoms with Crippen molar-refractivity contribution < 1.29 is 9.53 Å². The van der Waals surface area contributed by atoms with Crippen LogP contribution in [0.1, 0.15) is 0 Å². The number of anilines is 1. The molecule has 1 heterocycles. The Morgan fingerprint density at radius 2 is 2.00 bits per heavy atom. The predicted octanol–water partition coefficient (Wildman–Crippen LogP) is 1.70. The molecule has 14 heavy (non-hydrogen) atoms. The van der Waals surface area contributed by atoms with Crippen LogP contribution >= 0.6 is 11.6 Å². The smallest absolute Gasteiger partial charge is 0.253 e. The molecule has 1 amide bonds. The van der Waals surface area contributed by atoms with Crippen LogP contribution in [-0.4, -0.2) is 25.7 Å². The summed E-state index contributed by atoms with van der Waals surface area (Å²) in [5.41, 5.74) is 0.878. The lowest BCUT2D eigenvalue weighted by atomic mass is 10.2. The van der Waals surface area contributed by atoms with E-state index < -0.39 is 0 Å². The molecule has 0 unspecified atom stereocenters. The van der Waals surface area contributed by atoms with E-state index in [9.17, 15) is 4.79 Å². The van der Waals surface area contributed by atoms with Crippen LogP contribution < -0.4 is 4.90 Å². The highest BCUT2D eigenvalue weighted by molar-refractivity contribution is 6.30. The number of hydrogen-bond acceptors (Lipinski definition) is 2. The predicted molar refractivity (Wildman–Crippen MR) is 54.6 cm³/mol. The minimum Gasteiger partial charge on any atom is -0.370 e. The lowest BCUT2D eigenvalue weighted by molar-refractivity contribution is -0.125. The zero-order chi connectivity index (χ0) is 9.97. The first kappa shape index (κ1) is 9.49. The molecule has 0 saturated carbocycles. The number of amides is 1. The average Bonchev–Trinajstić information content (AvgIpc) is 2.20. The van der Waals surface area contributed by atoms with Crippen LogP contribution in [-0.2, 0) is 9.53 Å². The molecule has 1 aliphatic rings. The number of carbonyl (C=O) groups is 1. The van der Waals surface area contributed by atoms with Crippen molar-refractivity contribution in [3.63, 3.8) is 0 Å². The molecular formula is C10H10ClNO2. The van der Waals surface area contributed by atoms with E-state index in [0.29, 0.717) is 18.2 Å². The van der Waals surface area contributed by atoms with Crippen LogP contribution in [0.25, 0.3) is 0 Å². The Balaban J connectivity index is 2.20. The Morgan fingerprint density at radius 3 is 2.64 bits per heavy atom. The summed E-state index contributed by atoms with van der Waals surface area (Å²) in [7, 11) is 0. The quantitative estimate of drug-likeness (QED) is 0.708. The molecule has 4 heteroatoms. The number of nitrogens with zero attached hydrogens (tertiary/aromatic N) is 1. The van der Waals surface area contributed by atoms with Gasteiger partial charge in [-0.1, -0.05) is 11.6 Å². The van der Waals surface area contributed by atoms with E-state index in [4.69, 9.17) is 16.3 Å². The van der Waals surface area contributed by atoms with Crippen molar-refractivity contribution in [1.82, 2.24) is 0 Å². The Morgan fingerprint density at radius 1 is 1.29 bits per heavy atom. The van der Waals surface area contributed by atoms with Gasteiger partial charge < -0.3 is 9.64 Å². The molecule has 0 aromatic heterocycles. The Bertz CT molecular complexity index is 336. The second-order valence-corrected chi connectivity index (χ2v) is 3.51. The van der Waals surface area contributed by atoms with Crippen LogP contribution in [0, 0.1) is 0 Å². The molecule has 1 fully saturated rings. The highest BCUT2D eigenvalue weighted by Gasteiger charge is 2.19. The highest BCUT2D eigenvalue weighted by Crippen LogP contribution is 2.19. The third-order valence-corrected chi connectivity index (χ3v) is 2.38. The first-order chi connectivity index (χ1) is 6.77. The zero-order valence-electron chi connectivity index (χ0n) is 7.57. The van der Waals surface area contributed by atoms with Gasteiger partial charge in [-0.3, -0.25) is 4.79 Å². The minimum atomic E-state index is -0.00132. The second kappa shape index (κ2) is 3.98. The fraction of sp³-hybridized carbons (Fsp3) is 0.300. The van der Waals surface area contributed by atoms with Crippen LogP contribution in [0.3, 0.4) is 0 Å². The molecule has 1 aliphatic heterocycles. The molecule has 0 atom stereocenters. The van der Waals surface area contributed by atoms with Crippen molar-refractivity contribution in [3.05, 3.63) is 29.3 Å². The lowest BCUT2D eigenvalue weighted by Gasteiger charge is -2.26. The van der Waals surface area contributed by atoms with E-state index in [1.54, 1.807) is 17.0 Å². The minimum absolute atomic E-state index is 0.00132. The van der Waals surface area contributed by atoms with Gasteiger partial charge in [0, 0.05) is 17.3 Å². The second-order valence-electron chi connectivity index (χ2n) is 3.07. The van der Waals surface area contributed by atoms with Gasteiger partial charge in [0.15, 0.2) is 0 Å². The molecule has 1 aromatic carbocycles. The van der Waals surface area contributed by atoms with Gasteiger partial charge in [-0.25, -0.2) is 0 Å². The van der Waals surface area contributed by atoms with Gasteiger partial charge in [-0.05, 0) is 24.3 Å². The van der Waals surface area contributed by atoms with Crippen molar-refractivity contribution in [1.29, 1.82) is 0 Å². The van der Waals surface area contributed by atoms with Crippen molar-refractivity contribution in [2.24, 2.45) is 0 Å². The normalized spacial score (nSPS) is 17.2. The molecule has 0 bridgehead atoms.